The second kappa shape index (κ2) is 54.3. The third kappa shape index (κ3) is 43.6. The molecule has 7 unspecified atom stereocenters. The molecule has 0 aromatic carbocycles. The fourth-order valence-electron chi connectivity index (χ4n) is 10.8. The molecule has 1 amide bonds. The lowest BCUT2D eigenvalue weighted by Crippen LogP contribution is -2.60. The Bertz CT molecular complexity index is 1150. The Morgan fingerprint density at radius 1 is 0.452 bits per heavy atom. The van der Waals surface area contributed by atoms with E-state index < -0.39 is 49.5 Å². The van der Waals surface area contributed by atoms with Crippen molar-refractivity contribution >= 4 is 5.91 Å². The van der Waals surface area contributed by atoms with Gasteiger partial charge in [-0.3, -0.25) is 4.79 Å². The van der Waals surface area contributed by atoms with E-state index in [-0.39, 0.29) is 12.5 Å². The Labute approximate surface area is 452 Å². The molecule has 1 rings (SSSR count). The van der Waals surface area contributed by atoms with Gasteiger partial charge in [-0.15, -0.1) is 0 Å². The molecule has 6 N–H and O–H groups in total. The minimum atomic E-state index is -1.56. The van der Waals surface area contributed by atoms with Crippen LogP contribution in [0.25, 0.3) is 0 Å². The Balaban J connectivity index is 2.16. The number of carbonyl (C=O) groups is 1. The Kier molecular flexibility index (Phi) is 52.0. The topological polar surface area (TPSA) is 149 Å². The molecule has 0 saturated carbocycles. The van der Waals surface area contributed by atoms with Crippen LogP contribution in [0.2, 0.25) is 0 Å². The van der Waals surface area contributed by atoms with Crippen molar-refractivity contribution in [1.29, 1.82) is 0 Å². The van der Waals surface area contributed by atoms with E-state index in [9.17, 15) is 30.3 Å². The Morgan fingerprint density at radius 2 is 0.753 bits per heavy atom. The highest BCUT2D eigenvalue weighted by Crippen LogP contribution is 2.23. The van der Waals surface area contributed by atoms with Crippen LogP contribution in [0.5, 0.6) is 0 Å². The molecule has 0 aromatic heterocycles. The van der Waals surface area contributed by atoms with Crippen LogP contribution in [-0.4, -0.2) is 87.5 Å². The smallest absolute Gasteiger partial charge is 0.220 e. The lowest BCUT2D eigenvalue weighted by molar-refractivity contribution is -0.302. The molecule has 9 heteroatoms. The summed E-state index contributed by atoms with van der Waals surface area (Å²) in [6.07, 6.45) is 61.6. The molecular weight excluding hydrogens is 911 g/mol. The van der Waals surface area contributed by atoms with Crippen molar-refractivity contribution in [2.45, 2.75) is 378 Å². The average Bonchev–Trinajstić information content (AvgIpc) is 3.39. The summed E-state index contributed by atoms with van der Waals surface area (Å²) in [5.74, 6) is -0.168. The van der Waals surface area contributed by atoms with E-state index in [0.717, 1.165) is 38.5 Å². The van der Waals surface area contributed by atoms with E-state index in [4.69, 9.17) is 9.47 Å². The first-order valence-electron chi connectivity index (χ1n) is 32.4. The maximum Gasteiger partial charge on any atom is 0.220 e. The first-order valence-corrected chi connectivity index (χ1v) is 32.4. The number of nitrogens with one attached hydrogen (secondary N) is 1. The minimum absolute atomic E-state index is 0.168. The van der Waals surface area contributed by atoms with Crippen LogP contribution in [0.4, 0.5) is 0 Å². The van der Waals surface area contributed by atoms with Gasteiger partial charge in [-0.2, -0.15) is 0 Å². The highest BCUT2D eigenvalue weighted by Gasteiger charge is 2.44. The van der Waals surface area contributed by atoms with Crippen molar-refractivity contribution in [3.05, 3.63) is 12.2 Å². The van der Waals surface area contributed by atoms with Gasteiger partial charge in [0.15, 0.2) is 6.29 Å². The number of aliphatic hydroxyl groups excluding tert-OH is 5. The Hall–Kier alpha value is -1.07. The van der Waals surface area contributed by atoms with Gasteiger partial charge in [0.2, 0.25) is 5.91 Å². The van der Waals surface area contributed by atoms with Crippen LogP contribution in [0.3, 0.4) is 0 Å². The van der Waals surface area contributed by atoms with Crippen molar-refractivity contribution in [2.24, 2.45) is 0 Å². The van der Waals surface area contributed by atoms with Gasteiger partial charge >= 0.3 is 0 Å². The van der Waals surface area contributed by atoms with Crippen LogP contribution in [0.15, 0.2) is 12.2 Å². The van der Waals surface area contributed by atoms with Gasteiger partial charge < -0.3 is 40.3 Å². The first-order chi connectivity index (χ1) is 35.8. The number of allylic oxidation sites excluding steroid dienone is 1. The maximum atomic E-state index is 13.1. The lowest BCUT2D eigenvalue weighted by atomic mass is 9.99. The van der Waals surface area contributed by atoms with Crippen molar-refractivity contribution in [3.63, 3.8) is 0 Å². The molecule has 0 bridgehead atoms. The molecule has 1 heterocycles. The second-order valence-electron chi connectivity index (χ2n) is 22.9. The normalized spacial score (nSPS) is 19.0. The van der Waals surface area contributed by atoms with E-state index in [1.807, 2.05) is 6.08 Å². The molecule has 73 heavy (non-hydrogen) atoms. The highest BCUT2D eigenvalue weighted by molar-refractivity contribution is 5.76. The second-order valence-corrected chi connectivity index (χ2v) is 22.9. The number of hydrogen-bond donors (Lipinski definition) is 6. The van der Waals surface area contributed by atoms with Gasteiger partial charge in [-0.05, 0) is 19.3 Å². The molecule has 1 saturated heterocycles. The predicted molar refractivity (Wildman–Crippen MR) is 309 cm³/mol. The van der Waals surface area contributed by atoms with Gasteiger partial charge in [0, 0.05) is 6.42 Å². The van der Waals surface area contributed by atoms with Gasteiger partial charge in [0.25, 0.3) is 0 Å². The number of ether oxygens (including phenoxy) is 2. The van der Waals surface area contributed by atoms with Gasteiger partial charge in [-0.25, -0.2) is 0 Å². The van der Waals surface area contributed by atoms with Crippen molar-refractivity contribution in [3.8, 4) is 0 Å². The summed E-state index contributed by atoms with van der Waals surface area (Å²) in [5.41, 5.74) is 0. The van der Waals surface area contributed by atoms with E-state index in [2.05, 4.69) is 19.2 Å². The molecule has 0 radical (unpaired) electrons. The number of carbonyl (C=O) groups excluding carboxylic acids is 1. The van der Waals surface area contributed by atoms with Crippen LogP contribution < -0.4 is 5.32 Å². The zero-order valence-corrected chi connectivity index (χ0v) is 48.4. The molecule has 9 nitrogen and oxygen atoms in total. The average molecular weight is 1040 g/mol. The van der Waals surface area contributed by atoms with E-state index in [0.29, 0.717) is 6.42 Å². The summed E-state index contributed by atoms with van der Waals surface area (Å²) in [7, 11) is 0. The Morgan fingerprint density at radius 3 is 1.07 bits per heavy atom. The van der Waals surface area contributed by atoms with Crippen molar-refractivity contribution in [1.82, 2.24) is 5.32 Å². The van der Waals surface area contributed by atoms with Gasteiger partial charge in [0.1, 0.15) is 24.4 Å². The molecule has 1 aliphatic heterocycles. The van der Waals surface area contributed by atoms with Gasteiger partial charge in [0.05, 0.1) is 25.4 Å². The standard InChI is InChI=1S/C64H125NO8/c1-3-5-7-9-11-13-15-17-19-21-23-25-27-29-30-31-33-35-37-39-41-43-45-47-49-51-53-58(67)57(56-72-64-63(71)62(70)61(69)59(55-66)73-64)65-60(68)54-52-50-48-46-44-42-40-38-36-34-32-28-26-24-22-20-18-16-14-12-10-8-6-4-2/h51,53,57-59,61-64,66-67,69-71H,3-50,52,54-56H2,1-2H3,(H,65,68)/b53-51+. The third-order valence-corrected chi connectivity index (χ3v) is 15.9. The van der Waals surface area contributed by atoms with E-state index in [1.54, 1.807) is 6.08 Å². The predicted octanol–water partition coefficient (Wildman–Crippen LogP) is 16.7. The SMILES string of the molecule is CCCCCCCCCCCCCCCCCCCCCCCCCC/C=C/C(O)C(COC1OC(CO)C(O)C(O)C1O)NC(=O)CCCCCCCCCCCCCCCCCCCCCCCCCC. The molecule has 7 atom stereocenters. The summed E-state index contributed by atoms with van der Waals surface area (Å²) < 4.78 is 11.3. The zero-order chi connectivity index (χ0) is 52.9. The van der Waals surface area contributed by atoms with Crippen molar-refractivity contribution in [2.75, 3.05) is 13.2 Å². The minimum Gasteiger partial charge on any atom is -0.394 e. The summed E-state index contributed by atoms with van der Waals surface area (Å²) in [6.45, 7) is 3.84. The molecule has 0 aliphatic carbocycles. The van der Waals surface area contributed by atoms with E-state index >= 15 is 0 Å². The monoisotopic (exact) mass is 1040 g/mol. The van der Waals surface area contributed by atoms with Crippen LogP contribution in [0.1, 0.15) is 335 Å². The summed E-state index contributed by atoms with van der Waals surface area (Å²) in [4.78, 5) is 13.1. The zero-order valence-electron chi connectivity index (χ0n) is 48.4. The first kappa shape index (κ1) is 69.9. The van der Waals surface area contributed by atoms with Crippen LogP contribution >= 0.6 is 0 Å². The van der Waals surface area contributed by atoms with E-state index in [1.165, 1.54) is 276 Å². The molecule has 0 aromatic rings. The lowest BCUT2D eigenvalue weighted by Gasteiger charge is -2.40. The van der Waals surface area contributed by atoms with Crippen LogP contribution in [-0.2, 0) is 14.3 Å². The molecule has 434 valence electrons. The fraction of sp³-hybridized carbons (Fsp3) is 0.953. The fourth-order valence-corrected chi connectivity index (χ4v) is 10.8. The number of amides is 1. The molecule has 1 fully saturated rings. The van der Waals surface area contributed by atoms with Gasteiger partial charge in [-0.1, -0.05) is 321 Å². The maximum absolute atomic E-state index is 13.1. The summed E-state index contributed by atoms with van der Waals surface area (Å²) in [6, 6.07) is -0.801. The van der Waals surface area contributed by atoms with Crippen molar-refractivity contribution < 1.29 is 39.8 Å². The molecular formula is C64H125NO8. The number of unbranched alkanes of at least 4 members (excludes halogenated alkanes) is 47. The quantitative estimate of drug-likeness (QED) is 0.0261. The number of hydrogen-bond acceptors (Lipinski definition) is 8. The molecule has 1 aliphatic rings. The molecule has 0 spiro atoms. The summed E-state index contributed by atoms with van der Waals surface area (Å²) >= 11 is 0. The third-order valence-electron chi connectivity index (χ3n) is 15.9. The number of aliphatic hydroxyl groups is 5. The largest absolute Gasteiger partial charge is 0.394 e. The summed E-state index contributed by atoms with van der Waals surface area (Å²) in [5, 5.41) is 54.7. The highest BCUT2D eigenvalue weighted by atomic mass is 16.7. The van der Waals surface area contributed by atoms with Crippen LogP contribution in [0, 0.1) is 0 Å². The number of rotatable bonds is 57.